The highest BCUT2D eigenvalue weighted by atomic mass is 16.6. The molecule has 2 aromatic carbocycles. The Labute approximate surface area is 208 Å². The van der Waals surface area contributed by atoms with Gasteiger partial charge in [-0.2, -0.15) is 0 Å². The van der Waals surface area contributed by atoms with Crippen LogP contribution in [0.25, 0.3) is 10.8 Å². The summed E-state index contributed by atoms with van der Waals surface area (Å²) < 4.78 is 12.4. The number of nitro benzene ring substituents is 1. The van der Waals surface area contributed by atoms with Gasteiger partial charge < -0.3 is 23.8 Å². The second kappa shape index (κ2) is 10.3. The predicted molar refractivity (Wildman–Crippen MR) is 137 cm³/mol. The first-order valence-corrected chi connectivity index (χ1v) is 11.8. The number of hydrogen-bond acceptors (Lipinski definition) is 7. The monoisotopic (exact) mass is 494 g/mol. The largest absolute Gasteiger partial charge is 0.493 e. The molecular weight excluding hydrogens is 464 g/mol. The zero-order valence-electron chi connectivity index (χ0n) is 20.9. The van der Waals surface area contributed by atoms with Gasteiger partial charge in [-0.15, -0.1) is 0 Å². The Morgan fingerprint density at radius 3 is 2.11 bits per heavy atom. The highest BCUT2D eigenvalue weighted by Crippen LogP contribution is 2.33. The van der Waals surface area contributed by atoms with Gasteiger partial charge in [0.05, 0.1) is 30.1 Å². The van der Waals surface area contributed by atoms with Crippen LogP contribution < -0.4 is 19.9 Å². The minimum atomic E-state index is -0.423. The molecule has 190 valence electrons. The van der Waals surface area contributed by atoms with Crippen LogP contribution in [-0.2, 0) is 6.54 Å². The van der Waals surface area contributed by atoms with Crippen molar-refractivity contribution in [2.45, 2.75) is 20.4 Å². The van der Waals surface area contributed by atoms with E-state index in [1.165, 1.54) is 26.4 Å². The lowest BCUT2D eigenvalue weighted by atomic mass is 10.0. The molecule has 1 aliphatic heterocycles. The second-order valence-electron chi connectivity index (χ2n) is 9.20. The van der Waals surface area contributed by atoms with Gasteiger partial charge in [-0.1, -0.05) is 13.8 Å². The fraction of sp³-hybridized carbons (Fsp3) is 0.385. The van der Waals surface area contributed by atoms with Crippen molar-refractivity contribution in [3.63, 3.8) is 0 Å². The maximum atomic E-state index is 13.7. The van der Waals surface area contributed by atoms with Crippen molar-refractivity contribution in [3.05, 3.63) is 68.6 Å². The van der Waals surface area contributed by atoms with Crippen molar-refractivity contribution in [1.82, 2.24) is 9.47 Å². The van der Waals surface area contributed by atoms with Gasteiger partial charge in [0.2, 0.25) is 0 Å². The molecule has 0 N–H and O–H groups in total. The number of piperazine rings is 1. The maximum absolute atomic E-state index is 13.7. The second-order valence-corrected chi connectivity index (χ2v) is 9.20. The first-order chi connectivity index (χ1) is 17.2. The summed E-state index contributed by atoms with van der Waals surface area (Å²) in [5.41, 5.74) is 1.18. The number of carbonyl (C=O) groups is 1. The van der Waals surface area contributed by atoms with Crippen molar-refractivity contribution in [3.8, 4) is 11.5 Å². The standard InChI is InChI=1S/C26H30N4O6/c1-17(2)15-29-16-22(20-13-23(35-3)24(36-4)14-21(20)25(29)31)26(32)28-11-9-27(10-12-28)18-5-7-19(8-6-18)30(33)34/h5-8,13-14,16-17H,9-12,15H2,1-4H3. The number of hydrogen-bond donors (Lipinski definition) is 0. The predicted octanol–water partition coefficient (Wildman–Crippen LogP) is 3.55. The molecule has 36 heavy (non-hydrogen) atoms. The van der Waals surface area contributed by atoms with E-state index in [0.717, 1.165) is 5.69 Å². The molecule has 1 aliphatic rings. The van der Waals surface area contributed by atoms with E-state index in [2.05, 4.69) is 4.90 Å². The number of rotatable bonds is 7. The molecule has 2 heterocycles. The van der Waals surface area contributed by atoms with Gasteiger partial charge in [-0.25, -0.2) is 0 Å². The third-order valence-electron chi connectivity index (χ3n) is 6.37. The van der Waals surface area contributed by atoms with E-state index in [0.29, 0.717) is 60.6 Å². The number of carbonyl (C=O) groups excluding carboxylic acids is 1. The molecule has 0 saturated carbocycles. The van der Waals surface area contributed by atoms with E-state index in [9.17, 15) is 19.7 Å². The molecular formula is C26H30N4O6. The average Bonchev–Trinajstić information content (AvgIpc) is 2.89. The van der Waals surface area contributed by atoms with Crippen molar-refractivity contribution in [1.29, 1.82) is 0 Å². The Morgan fingerprint density at radius 2 is 1.58 bits per heavy atom. The van der Waals surface area contributed by atoms with Crippen LogP contribution in [0, 0.1) is 16.0 Å². The van der Waals surface area contributed by atoms with Crippen molar-refractivity contribution >= 4 is 28.1 Å². The summed E-state index contributed by atoms with van der Waals surface area (Å²) in [6.07, 6.45) is 1.65. The summed E-state index contributed by atoms with van der Waals surface area (Å²) in [6.45, 7) is 6.65. The number of amides is 1. The highest BCUT2D eigenvalue weighted by Gasteiger charge is 2.26. The van der Waals surface area contributed by atoms with Crippen LogP contribution in [0.1, 0.15) is 24.2 Å². The number of nitrogens with zero attached hydrogens (tertiary/aromatic N) is 4. The molecule has 10 nitrogen and oxygen atoms in total. The quantitative estimate of drug-likeness (QED) is 0.365. The fourth-order valence-corrected chi connectivity index (χ4v) is 4.54. The van der Waals surface area contributed by atoms with E-state index in [1.54, 1.807) is 39.9 Å². The summed E-state index contributed by atoms with van der Waals surface area (Å²) in [4.78, 5) is 41.3. The first kappa shape index (κ1) is 25.0. The number of ether oxygens (including phenoxy) is 2. The maximum Gasteiger partial charge on any atom is 0.269 e. The van der Waals surface area contributed by atoms with Crippen LogP contribution >= 0.6 is 0 Å². The lowest BCUT2D eigenvalue weighted by Crippen LogP contribution is -2.49. The Morgan fingerprint density at radius 1 is 1.00 bits per heavy atom. The highest BCUT2D eigenvalue weighted by molar-refractivity contribution is 6.07. The van der Waals surface area contributed by atoms with Crippen molar-refractivity contribution in [2.75, 3.05) is 45.3 Å². The number of pyridine rings is 1. The van der Waals surface area contributed by atoms with Crippen LogP contribution in [0.15, 0.2) is 47.4 Å². The average molecular weight is 495 g/mol. The Balaban J connectivity index is 1.65. The van der Waals surface area contributed by atoms with Crippen LogP contribution in [0.4, 0.5) is 11.4 Å². The molecule has 1 saturated heterocycles. The number of benzene rings is 2. The van der Waals surface area contributed by atoms with Gasteiger partial charge in [0.25, 0.3) is 17.2 Å². The molecule has 1 fully saturated rings. The smallest absolute Gasteiger partial charge is 0.269 e. The summed E-state index contributed by atoms with van der Waals surface area (Å²) in [5.74, 6) is 0.934. The fourth-order valence-electron chi connectivity index (χ4n) is 4.54. The van der Waals surface area contributed by atoms with Gasteiger partial charge in [-0.05, 0) is 30.2 Å². The molecule has 0 atom stereocenters. The summed E-state index contributed by atoms with van der Waals surface area (Å²) in [7, 11) is 3.03. The van der Waals surface area contributed by atoms with Crippen LogP contribution in [0.2, 0.25) is 0 Å². The van der Waals surface area contributed by atoms with E-state index in [1.807, 2.05) is 13.8 Å². The van der Waals surface area contributed by atoms with Gasteiger partial charge in [0.1, 0.15) is 0 Å². The Kier molecular flexibility index (Phi) is 7.14. The van der Waals surface area contributed by atoms with Crippen LogP contribution in [-0.4, -0.2) is 60.7 Å². The number of fused-ring (bicyclic) bond motifs is 1. The molecule has 1 amide bonds. The molecule has 3 aromatic rings. The number of nitro groups is 1. The third kappa shape index (κ3) is 4.84. The zero-order chi connectivity index (χ0) is 26.0. The molecule has 0 aliphatic carbocycles. The van der Waals surface area contributed by atoms with E-state index >= 15 is 0 Å². The number of methoxy groups -OCH3 is 2. The minimum absolute atomic E-state index is 0.0445. The van der Waals surface area contributed by atoms with E-state index in [-0.39, 0.29) is 23.1 Å². The van der Waals surface area contributed by atoms with E-state index in [4.69, 9.17) is 9.47 Å². The number of non-ortho nitro benzene ring substituents is 1. The number of anilines is 1. The molecule has 0 unspecified atom stereocenters. The molecule has 0 radical (unpaired) electrons. The normalized spacial score (nSPS) is 13.8. The first-order valence-electron chi connectivity index (χ1n) is 11.8. The van der Waals surface area contributed by atoms with Crippen molar-refractivity contribution in [2.24, 2.45) is 5.92 Å². The van der Waals surface area contributed by atoms with Crippen LogP contribution in [0.3, 0.4) is 0 Å². The Hall–Kier alpha value is -4.08. The third-order valence-corrected chi connectivity index (χ3v) is 6.37. The van der Waals surface area contributed by atoms with Gasteiger partial charge in [0, 0.05) is 62.1 Å². The molecule has 4 rings (SSSR count). The van der Waals surface area contributed by atoms with Crippen LogP contribution in [0.5, 0.6) is 11.5 Å². The Bertz CT molecular complexity index is 1340. The lowest BCUT2D eigenvalue weighted by molar-refractivity contribution is -0.384. The molecule has 0 spiro atoms. The summed E-state index contributed by atoms with van der Waals surface area (Å²) in [6, 6.07) is 9.75. The SMILES string of the molecule is COc1cc2c(C(=O)N3CCN(c4ccc([N+](=O)[O-])cc4)CC3)cn(CC(C)C)c(=O)c2cc1OC. The van der Waals surface area contributed by atoms with Gasteiger partial charge in [-0.3, -0.25) is 19.7 Å². The zero-order valence-corrected chi connectivity index (χ0v) is 20.9. The molecule has 1 aromatic heterocycles. The molecule has 0 bridgehead atoms. The summed E-state index contributed by atoms with van der Waals surface area (Å²) >= 11 is 0. The lowest BCUT2D eigenvalue weighted by Gasteiger charge is -2.36. The van der Waals surface area contributed by atoms with Crippen molar-refractivity contribution < 1.29 is 19.2 Å². The topological polar surface area (TPSA) is 107 Å². The number of aromatic nitrogens is 1. The van der Waals surface area contributed by atoms with E-state index < -0.39 is 4.92 Å². The molecule has 10 heteroatoms. The van der Waals surface area contributed by atoms with Gasteiger partial charge >= 0.3 is 0 Å². The van der Waals surface area contributed by atoms with Gasteiger partial charge in [0.15, 0.2) is 11.5 Å². The minimum Gasteiger partial charge on any atom is -0.493 e. The summed E-state index contributed by atoms with van der Waals surface area (Å²) in [5, 5.41) is 11.9.